The highest BCUT2D eigenvalue weighted by Crippen LogP contribution is 2.55. The molecule has 4 rings (SSSR count). The molecule has 0 unspecified atom stereocenters. The van der Waals surface area contributed by atoms with Gasteiger partial charge in [-0.2, -0.15) is 0 Å². The highest BCUT2D eigenvalue weighted by atomic mass is 16.5. The number of hydrogen-bond donors (Lipinski definition) is 1. The van der Waals surface area contributed by atoms with Gasteiger partial charge < -0.3 is 15.0 Å². The molecule has 0 saturated heterocycles. The van der Waals surface area contributed by atoms with Gasteiger partial charge in [-0.1, -0.05) is 0 Å². The molecule has 4 aliphatic carbocycles. The summed E-state index contributed by atoms with van der Waals surface area (Å²) in [4.78, 5) is 25.3. The number of likely N-dealkylation sites (N-methyl/N-ethyl adjacent to an activating group) is 1. The van der Waals surface area contributed by atoms with Crippen molar-refractivity contribution in [1.82, 2.24) is 10.2 Å². The van der Waals surface area contributed by atoms with Crippen LogP contribution in [0.25, 0.3) is 0 Å². The Morgan fingerprint density at radius 2 is 1.67 bits per heavy atom. The molecule has 2 amide bonds. The fraction of sp³-hybridized carbons (Fsp3) is 0.875. The highest BCUT2D eigenvalue weighted by molar-refractivity contribution is 5.81. The molecule has 118 valence electrons. The second kappa shape index (κ2) is 5.50. The van der Waals surface area contributed by atoms with Crippen LogP contribution in [0.5, 0.6) is 0 Å². The Bertz CT molecular complexity index is 400. The molecule has 5 nitrogen and oxygen atoms in total. The Morgan fingerprint density at radius 3 is 2.14 bits per heavy atom. The maximum Gasteiger partial charge on any atom is 0.325 e. The molecule has 21 heavy (non-hydrogen) atoms. The molecule has 0 radical (unpaired) electrons. The number of carbonyl (C=O) groups excluding carboxylic acids is 2. The van der Waals surface area contributed by atoms with Gasteiger partial charge in [0.2, 0.25) is 0 Å². The van der Waals surface area contributed by atoms with Crippen molar-refractivity contribution in [3.05, 3.63) is 0 Å². The minimum absolute atomic E-state index is 0.00520. The molecule has 0 spiro atoms. The molecule has 0 heterocycles. The van der Waals surface area contributed by atoms with Gasteiger partial charge in [0.25, 0.3) is 0 Å². The summed E-state index contributed by atoms with van der Waals surface area (Å²) >= 11 is 0. The summed E-state index contributed by atoms with van der Waals surface area (Å²) in [5.74, 6) is 2.05. The van der Waals surface area contributed by atoms with Crippen LogP contribution in [-0.4, -0.2) is 42.6 Å². The van der Waals surface area contributed by atoms with Gasteiger partial charge in [0.1, 0.15) is 6.54 Å². The average Bonchev–Trinajstić information content (AvgIpc) is 2.36. The zero-order valence-corrected chi connectivity index (χ0v) is 13.1. The van der Waals surface area contributed by atoms with Crippen LogP contribution in [-0.2, 0) is 9.53 Å². The molecule has 0 atom stereocenters. The molecule has 0 aliphatic heterocycles. The summed E-state index contributed by atoms with van der Waals surface area (Å²) < 4.78 is 4.90. The highest BCUT2D eigenvalue weighted by Gasteiger charge is 2.51. The lowest BCUT2D eigenvalue weighted by molar-refractivity contribution is -0.143. The van der Waals surface area contributed by atoms with Gasteiger partial charge in [-0.05, 0) is 63.2 Å². The van der Waals surface area contributed by atoms with E-state index in [-0.39, 0.29) is 24.1 Å². The van der Waals surface area contributed by atoms with Crippen molar-refractivity contribution >= 4 is 12.0 Å². The maximum atomic E-state index is 12.4. The first-order valence-electron chi connectivity index (χ1n) is 8.18. The predicted octanol–water partition coefficient (Wildman–Crippen LogP) is 2.16. The quantitative estimate of drug-likeness (QED) is 0.808. The Kier molecular flexibility index (Phi) is 3.84. The molecule has 4 aliphatic rings. The van der Waals surface area contributed by atoms with Gasteiger partial charge in [0, 0.05) is 12.6 Å². The second-order valence-corrected chi connectivity index (χ2v) is 7.29. The average molecular weight is 294 g/mol. The molecule has 5 heteroatoms. The van der Waals surface area contributed by atoms with Crippen LogP contribution in [0.15, 0.2) is 0 Å². The third-order valence-corrected chi connectivity index (χ3v) is 5.43. The van der Waals surface area contributed by atoms with Crippen molar-refractivity contribution in [3.63, 3.8) is 0 Å². The zero-order valence-electron chi connectivity index (χ0n) is 13.1. The van der Waals surface area contributed by atoms with Crippen LogP contribution >= 0.6 is 0 Å². The van der Waals surface area contributed by atoms with Gasteiger partial charge in [-0.15, -0.1) is 0 Å². The largest absolute Gasteiger partial charge is 0.465 e. The molecular formula is C16H26N2O3. The molecule has 4 bridgehead atoms. The van der Waals surface area contributed by atoms with Gasteiger partial charge >= 0.3 is 12.0 Å². The lowest BCUT2D eigenvalue weighted by Crippen LogP contribution is -2.61. The summed E-state index contributed by atoms with van der Waals surface area (Å²) in [6.07, 6.45) is 7.43. The number of esters is 1. The number of nitrogens with one attached hydrogen (secondary N) is 1. The van der Waals surface area contributed by atoms with E-state index in [2.05, 4.69) is 5.32 Å². The molecule has 0 aromatic carbocycles. The van der Waals surface area contributed by atoms with E-state index in [0.717, 1.165) is 37.0 Å². The summed E-state index contributed by atoms with van der Waals surface area (Å²) in [6.45, 7) is 2.14. The van der Waals surface area contributed by atoms with E-state index in [0.29, 0.717) is 6.61 Å². The lowest BCUT2D eigenvalue weighted by atomic mass is 9.53. The first kappa shape index (κ1) is 14.7. The summed E-state index contributed by atoms with van der Waals surface area (Å²) in [5, 5.41) is 3.25. The number of urea groups is 1. The number of amides is 2. The SMILES string of the molecule is CCOC(=O)CN(C)C(=O)NC12CC3CC(CC(C3)C1)C2. The topological polar surface area (TPSA) is 58.6 Å². The van der Waals surface area contributed by atoms with E-state index in [4.69, 9.17) is 4.74 Å². The number of ether oxygens (including phenoxy) is 1. The predicted molar refractivity (Wildman–Crippen MR) is 78.7 cm³/mol. The fourth-order valence-corrected chi connectivity index (χ4v) is 5.06. The summed E-state index contributed by atoms with van der Waals surface area (Å²) in [5.41, 5.74) is -0.00520. The minimum Gasteiger partial charge on any atom is -0.465 e. The van der Waals surface area contributed by atoms with E-state index in [1.165, 1.54) is 24.2 Å². The molecule has 4 saturated carbocycles. The van der Waals surface area contributed by atoms with E-state index in [1.807, 2.05) is 0 Å². The molecule has 1 N–H and O–H groups in total. The first-order chi connectivity index (χ1) is 9.99. The fourth-order valence-electron chi connectivity index (χ4n) is 5.06. The van der Waals surface area contributed by atoms with Crippen molar-refractivity contribution < 1.29 is 14.3 Å². The van der Waals surface area contributed by atoms with Crippen molar-refractivity contribution in [1.29, 1.82) is 0 Å². The third-order valence-electron chi connectivity index (χ3n) is 5.43. The number of nitrogens with zero attached hydrogens (tertiary/aromatic N) is 1. The second-order valence-electron chi connectivity index (χ2n) is 7.29. The van der Waals surface area contributed by atoms with Gasteiger partial charge in [0.15, 0.2) is 0 Å². The van der Waals surface area contributed by atoms with E-state index in [9.17, 15) is 9.59 Å². The van der Waals surface area contributed by atoms with Crippen molar-refractivity contribution in [2.75, 3.05) is 20.2 Å². The van der Waals surface area contributed by atoms with Crippen LogP contribution in [0.3, 0.4) is 0 Å². The smallest absolute Gasteiger partial charge is 0.325 e. The third kappa shape index (κ3) is 3.01. The normalized spacial score (nSPS) is 36.4. The molecule has 0 aromatic heterocycles. The van der Waals surface area contributed by atoms with Gasteiger partial charge in [0.05, 0.1) is 6.61 Å². The Morgan fingerprint density at radius 1 is 1.14 bits per heavy atom. The zero-order chi connectivity index (χ0) is 15.0. The standard InChI is InChI=1S/C16H26N2O3/c1-3-21-14(19)10-18(2)15(20)17-16-7-11-4-12(8-16)6-13(5-11)9-16/h11-13H,3-10H2,1-2H3,(H,17,20). The maximum absolute atomic E-state index is 12.4. The summed E-state index contributed by atoms with van der Waals surface area (Å²) in [7, 11) is 1.66. The molecule has 0 aromatic rings. The van der Waals surface area contributed by atoms with E-state index < -0.39 is 0 Å². The monoisotopic (exact) mass is 294 g/mol. The van der Waals surface area contributed by atoms with E-state index >= 15 is 0 Å². The number of rotatable bonds is 4. The minimum atomic E-state index is -0.347. The molecule has 4 fully saturated rings. The van der Waals surface area contributed by atoms with Crippen LogP contribution in [0.1, 0.15) is 45.4 Å². The Balaban J connectivity index is 1.58. The first-order valence-corrected chi connectivity index (χ1v) is 8.18. The van der Waals surface area contributed by atoms with Crippen LogP contribution in [0.4, 0.5) is 4.79 Å². The number of hydrogen-bond acceptors (Lipinski definition) is 3. The molecular weight excluding hydrogens is 268 g/mol. The van der Waals surface area contributed by atoms with E-state index in [1.54, 1.807) is 14.0 Å². The van der Waals surface area contributed by atoms with Crippen LogP contribution in [0.2, 0.25) is 0 Å². The summed E-state index contributed by atoms with van der Waals surface area (Å²) in [6, 6.07) is -0.134. The Labute approximate surface area is 126 Å². The van der Waals surface area contributed by atoms with Gasteiger partial charge in [-0.25, -0.2) is 4.79 Å². The lowest BCUT2D eigenvalue weighted by Gasteiger charge is -2.57. The van der Waals surface area contributed by atoms with Crippen LogP contribution in [0, 0.1) is 17.8 Å². The van der Waals surface area contributed by atoms with Crippen LogP contribution < -0.4 is 5.32 Å². The Hall–Kier alpha value is -1.26. The van der Waals surface area contributed by atoms with Crippen molar-refractivity contribution in [3.8, 4) is 0 Å². The van der Waals surface area contributed by atoms with Crippen molar-refractivity contribution in [2.24, 2.45) is 17.8 Å². The van der Waals surface area contributed by atoms with Gasteiger partial charge in [-0.3, -0.25) is 4.79 Å². The number of carbonyl (C=O) groups is 2. The van der Waals surface area contributed by atoms with Crippen molar-refractivity contribution in [2.45, 2.75) is 51.0 Å².